The Morgan fingerprint density at radius 1 is 1.57 bits per heavy atom. The summed E-state index contributed by atoms with van der Waals surface area (Å²) >= 11 is 0. The van der Waals surface area contributed by atoms with Crippen LogP contribution in [0.4, 0.5) is 0 Å². The summed E-state index contributed by atoms with van der Waals surface area (Å²) in [6.07, 6.45) is 0. The van der Waals surface area contributed by atoms with Crippen molar-refractivity contribution in [2.45, 2.75) is 6.92 Å². The first-order valence-corrected chi connectivity index (χ1v) is 0.928. The minimum absolute atomic E-state index is 0. The van der Waals surface area contributed by atoms with Crippen molar-refractivity contribution in [1.82, 2.24) is 6.15 Å². The number of carboxylic acid groups (broad SMARTS) is 1. The second-order valence-corrected chi connectivity index (χ2v) is 0.519. The molecule has 0 atom stereocenters. The minimum atomic E-state index is -0.833. The van der Waals surface area contributed by atoms with Gasteiger partial charge < -0.3 is 16.7 Å². The molecule has 6 N–H and O–H groups in total. The SMILES string of the molecule is CC(=O)O.N.O.[PbH2]. The van der Waals surface area contributed by atoms with Crippen molar-refractivity contribution in [3.63, 3.8) is 0 Å². The number of aliphatic carboxylic acids is 1. The topological polar surface area (TPSA) is 104 Å². The molecule has 0 saturated carbocycles. The van der Waals surface area contributed by atoms with E-state index in [1.165, 1.54) is 0 Å². The average molecular weight is 304 g/mol. The van der Waals surface area contributed by atoms with Crippen LogP contribution in [0.2, 0.25) is 0 Å². The first-order valence-electron chi connectivity index (χ1n) is 0.928. The van der Waals surface area contributed by atoms with E-state index in [9.17, 15) is 0 Å². The molecule has 5 heteroatoms. The number of carbonyl (C=O) groups is 1. The molecule has 0 fully saturated rings. The van der Waals surface area contributed by atoms with Crippen LogP contribution in [-0.4, -0.2) is 43.9 Å². The molecule has 0 rings (SSSR count). The quantitative estimate of drug-likeness (QED) is 0.533. The van der Waals surface area contributed by atoms with Gasteiger partial charge in [0.2, 0.25) is 0 Å². The van der Waals surface area contributed by atoms with E-state index in [0.29, 0.717) is 0 Å². The van der Waals surface area contributed by atoms with E-state index >= 15 is 0 Å². The van der Waals surface area contributed by atoms with Crippen LogP contribution >= 0.6 is 0 Å². The fourth-order valence-electron chi connectivity index (χ4n) is 0. The van der Waals surface area contributed by atoms with Gasteiger partial charge in [0.1, 0.15) is 0 Å². The fourth-order valence-corrected chi connectivity index (χ4v) is 0. The Kier molecular flexibility index (Phi) is 61.6. The van der Waals surface area contributed by atoms with Crippen molar-refractivity contribution >= 4 is 33.3 Å². The van der Waals surface area contributed by atoms with Crippen molar-refractivity contribution in [2.75, 3.05) is 0 Å². The zero-order valence-corrected chi connectivity index (χ0v) is 9.77. The first kappa shape index (κ1) is 26.6. The molecule has 0 aromatic rings. The van der Waals surface area contributed by atoms with Crippen molar-refractivity contribution in [2.24, 2.45) is 0 Å². The fraction of sp³-hybridized carbons (Fsp3) is 0.500. The Balaban J connectivity index is -0.0000000150. The molecule has 0 bridgehead atoms. The van der Waals surface area contributed by atoms with Crippen molar-refractivity contribution < 1.29 is 15.4 Å². The van der Waals surface area contributed by atoms with Gasteiger partial charge in [0.15, 0.2) is 0 Å². The molecule has 0 heterocycles. The standard InChI is InChI=1S/C2H4O2.H3N.H2O.Pb.2H/c1-2(3)4;;;;;/h1H3,(H,3,4);1H3;1H2;;;. The molecular weight excluding hydrogens is 293 g/mol. The molecule has 0 aromatic heterocycles. The zero-order chi connectivity index (χ0) is 3.58. The van der Waals surface area contributed by atoms with Crippen molar-refractivity contribution in [3.8, 4) is 0 Å². The third kappa shape index (κ3) is 1210. The van der Waals surface area contributed by atoms with Gasteiger partial charge in [0.25, 0.3) is 5.97 Å². The van der Waals surface area contributed by atoms with Gasteiger partial charge in [-0.25, -0.2) is 0 Å². The molecular formula is C2H11NO3Pb. The molecule has 2 radical (unpaired) electrons. The molecule has 46 valence electrons. The van der Waals surface area contributed by atoms with Crippen LogP contribution in [-0.2, 0) is 4.79 Å². The molecule has 0 aliphatic carbocycles. The Morgan fingerprint density at radius 3 is 1.57 bits per heavy atom. The zero-order valence-electron chi connectivity index (χ0n) is 4.27. The van der Waals surface area contributed by atoms with E-state index in [2.05, 4.69) is 0 Å². The molecule has 0 aliphatic heterocycles. The van der Waals surface area contributed by atoms with Crippen LogP contribution in [0, 0.1) is 0 Å². The summed E-state index contributed by atoms with van der Waals surface area (Å²) in [6, 6.07) is 0. The van der Waals surface area contributed by atoms with Crippen molar-refractivity contribution in [3.05, 3.63) is 0 Å². The molecule has 7 heavy (non-hydrogen) atoms. The summed E-state index contributed by atoms with van der Waals surface area (Å²) in [4.78, 5) is 9.00. The Labute approximate surface area is 62.0 Å². The van der Waals surface area contributed by atoms with Gasteiger partial charge in [-0.1, -0.05) is 0 Å². The molecule has 0 unspecified atom stereocenters. The second-order valence-electron chi connectivity index (χ2n) is 0.519. The summed E-state index contributed by atoms with van der Waals surface area (Å²) in [5.74, 6) is -0.833. The van der Waals surface area contributed by atoms with Crippen LogP contribution < -0.4 is 6.15 Å². The van der Waals surface area contributed by atoms with Gasteiger partial charge in [0.05, 0.1) is 0 Å². The molecule has 0 amide bonds. The number of hydrogen-bond donors (Lipinski definition) is 2. The third-order valence-electron chi connectivity index (χ3n) is 0. The van der Waals surface area contributed by atoms with Crippen LogP contribution in [0.15, 0.2) is 0 Å². The van der Waals surface area contributed by atoms with E-state index in [4.69, 9.17) is 9.90 Å². The average Bonchev–Trinajstić information content (AvgIpc) is 0.811. The van der Waals surface area contributed by atoms with Gasteiger partial charge in [0, 0.05) is 6.92 Å². The van der Waals surface area contributed by atoms with Gasteiger partial charge in [-0.05, 0) is 0 Å². The van der Waals surface area contributed by atoms with E-state index in [1.807, 2.05) is 0 Å². The predicted molar refractivity (Wildman–Crippen MR) is 30.5 cm³/mol. The monoisotopic (exact) mass is 305 g/mol. The van der Waals surface area contributed by atoms with Crippen LogP contribution in [0.5, 0.6) is 0 Å². The summed E-state index contributed by atoms with van der Waals surface area (Å²) in [6.45, 7) is 1.08. The second kappa shape index (κ2) is 16.2. The molecule has 0 aromatic carbocycles. The maximum atomic E-state index is 9.00. The Hall–Kier alpha value is 0.312. The molecule has 0 saturated heterocycles. The van der Waals surface area contributed by atoms with E-state index in [-0.39, 0.29) is 38.9 Å². The third-order valence-corrected chi connectivity index (χ3v) is 0. The van der Waals surface area contributed by atoms with Gasteiger partial charge in [-0.3, -0.25) is 4.79 Å². The maximum absolute atomic E-state index is 9.00. The van der Waals surface area contributed by atoms with Crippen LogP contribution in [0.3, 0.4) is 0 Å². The van der Waals surface area contributed by atoms with E-state index in [1.54, 1.807) is 0 Å². The van der Waals surface area contributed by atoms with Gasteiger partial charge in [-0.2, -0.15) is 0 Å². The van der Waals surface area contributed by atoms with Crippen LogP contribution in [0.1, 0.15) is 6.92 Å². The van der Waals surface area contributed by atoms with Gasteiger partial charge >= 0.3 is 27.3 Å². The molecule has 4 nitrogen and oxygen atoms in total. The van der Waals surface area contributed by atoms with Crippen LogP contribution in [0.25, 0.3) is 0 Å². The number of hydrogen-bond acceptors (Lipinski definition) is 2. The predicted octanol–water partition coefficient (Wildman–Crippen LogP) is -1.49. The number of carboxylic acids is 1. The summed E-state index contributed by atoms with van der Waals surface area (Å²) < 4.78 is 0. The summed E-state index contributed by atoms with van der Waals surface area (Å²) in [7, 11) is 0. The summed E-state index contributed by atoms with van der Waals surface area (Å²) in [5.41, 5.74) is 0. The molecule has 0 aliphatic rings. The summed E-state index contributed by atoms with van der Waals surface area (Å²) in [5, 5.41) is 7.42. The van der Waals surface area contributed by atoms with E-state index in [0.717, 1.165) is 6.92 Å². The Morgan fingerprint density at radius 2 is 1.57 bits per heavy atom. The normalized spacial score (nSPS) is 3.57. The number of rotatable bonds is 0. The van der Waals surface area contributed by atoms with Crippen molar-refractivity contribution in [1.29, 1.82) is 0 Å². The van der Waals surface area contributed by atoms with E-state index < -0.39 is 5.97 Å². The van der Waals surface area contributed by atoms with Gasteiger partial charge in [-0.15, -0.1) is 0 Å². The Bertz CT molecular complexity index is 35.9. The molecule has 0 spiro atoms. The first-order chi connectivity index (χ1) is 1.73.